The number of carboxylic acids is 1. The second-order valence-electron chi connectivity index (χ2n) is 17.1. The van der Waals surface area contributed by atoms with Gasteiger partial charge in [0.25, 0.3) is 0 Å². The standard InChI is InChI=1S/C42H79N7O8/c1-13-14-15-16-17-18-19-20-21-22-23-44-31(50)24-30(42(56)57)45-38(52)33(26(4)5)47-40(54)35(28(8)9)49-41(55)36(29(10)11)48-39(53)34(27(6)7)46-37(51)32(43-12)25(2)3/h25-30,32-36,43H,13-24H2,1-12H3,(H,44,50)(H,45,52)(H,46,51)(H,47,54)(H,48,53)(H,49,55)(H,56,57)/t30-,32-,33-,34?,35?,36-/m0/s1. The van der Waals surface area contributed by atoms with E-state index in [4.69, 9.17) is 0 Å². The van der Waals surface area contributed by atoms with Crippen molar-refractivity contribution in [1.29, 1.82) is 0 Å². The molecule has 0 heterocycles. The van der Waals surface area contributed by atoms with Gasteiger partial charge in [0.1, 0.15) is 30.2 Å². The zero-order valence-electron chi connectivity index (χ0n) is 37.1. The molecule has 0 radical (unpaired) electrons. The molecule has 2 unspecified atom stereocenters. The van der Waals surface area contributed by atoms with Crippen molar-refractivity contribution >= 4 is 41.4 Å². The molecule has 0 fully saturated rings. The van der Waals surface area contributed by atoms with E-state index in [0.29, 0.717) is 6.54 Å². The molecule has 0 bridgehead atoms. The van der Waals surface area contributed by atoms with Crippen molar-refractivity contribution in [2.45, 2.75) is 183 Å². The molecule has 0 aromatic carbocycles. The highest BCUT2D eigenvalue weighted by molar-refractivity contribution is 5.97. The second kappa shape index (κ2) is 28.6. The molecule has 0 rings (SSSR count). The lowest BCUT2D eigenvalue weighted by Gasteiger charge is -2.31. The van der Waals surface area contributed by atoms with Gasteiger partial charge in [-0.3, -0.25) is 28.8 Å². The zero-order chi connectivity index (χ0) is 43.8. The highest BCUT2D eigenvalue weighted by Crippen LogP contribution is 2.13. The van der Waals surface area contributed by atoms with Gasteiger partial charge in [-0.25, -0.2) is 4.79 Å². The summed E-state index contributed by atoms with van der Waals surface area (Å²) in [5, 5.41) is 28.9. The number of rotatable bonds is 30. The summed E-state index contributed by atoms with van der Waals surface area (Å²) in [4.78, 5) is 91.9. The lowest BCUT2D eigenvalue weighted by Crippen LogP contribution is -2.62. The Bertz CT molecular complexity index is 1260. The molecule has 8 N–H and O–H groups in total. The molecule has 0 aromatic rings. The maximum absolute atomic E-state index is 13.7. The van der Waals surface area contributed by atoms with Crippen molar-refractivity contribution in [2.24, 2.45) is 29.6 Å². The van der Waals surface area contributed by atoms with Gasteiger partial charge in [-0.2, -0.15) is 0 Å². The minimum absolute atomic E-state index is 0.0328. The number of hydrogen-bond acceptors (Lipinski definition) is 8. The summed E-state index contributed by atoms with van der Waals surface area (Å²) in [7, 11) is 1.67. The van der Waals surface area contributed by atoms with Gasteiger partial charge >= 0.3 is 5.97 Å². The van der Waals surface area contributed by atoms with Crippen LogP contribution in [0, 0.1) is 29.6 Å². The molecule has 0 aliphatic heterocycles. The number of nitrogens with one attached hydrogen (secondary N) is 7. The van der Waals surface area contributed by atoms with E-state index in [-0.39, 0.29) is 17.7 Å². The molecule has 6 amide bonds. The fourth-order valence-corrected chi connectivity index (χ4v) is 6.44. The smallest absolute Gasteiger partial charge is 0.326 e. The molecule has 0 aliphatic carbocycles. The van der Waals surface area contributed by atoms with Gasteiger partial charge < -0.3 is 42.3 Å². The van der Waals surface area contributed by atoms with Crippen LogP contribution >= 0.6 is 0 Å². The Hall–Kier alpha value is -3.75. The number of unbranched alkanes of at least 4 members (excludes halogenated alkanes) is 9. The van der Waals surface area contributed by atoms with Gasteiger partial charge in [0.2, 0.25) is 35.4 Å². The Balaban J connectivity index is 5.50. The molecule has 0 saturated heterocycles. The van der Waals surface area contributed by atoms with Gasteiger partial charge in [0, 0.05) is 6.54 Å². The van der Waals surface area contributed by atoms with Crippen molar-refractivity contribution in [3.63, 3.8) is 0 Å². The van der Waals surface area contributed by atoms with Crippen molar-refractivity contribution in [3.05, 3.63) is 0 Å². The van der Waals surface area contributed by atoms with Crippen LogP contribution in [0.25, 0.3) is 0 Å². The van der Waals surface area contributed by atoms with E-state index in [1.165, 1.54) is 38.5 Å². The molecule has 15 nitrogen and oxygen atoms in total. The lowest BCUT2D eigenvalue weighted by molar-refractivity contribution is -0.144. The first-order valence-corrected chi connectivity index (χ1v) is 21.4. The van der Waals surface area contributed by atoms with Crippen LogP contribution in [0.3, 0.4) is 0 Å². The minimum atomic E-state index is -1.52. The first kappa shape index (κ1) is 53.2. The van der Waals surface area contributed by atoms with Crippen LogP contribution in [0.2, 0.25) is 0 Å². The highest BCUT2D eigenvalue weighted by atomic mass is 16.4. The number of likely N-dealkylation sites (N-methyl/N-ethyl adjacent to an activating group) is 1. The van der Waals surface area contributed by atoms with Crippen LogP contribution < -0.4 is 37.2 Å². The molecular weight excluding hydrogens is 731 g/mol. The number of carbonyl (C=O) groups is 7. The molecule has 6 atom stereocenters. The first-order valence-electron chi connectivity index (χ1n) is 21.4. The normalized spacial score (nSPS) is 14.8. The van der Waals surface area contributed by atoms with Gasteiger partial charge in [-0.1, -0.05) is 134 Å². The van der Waals surface area contributed by atoms with Gasteiger partial charge in [0.05, 0.1) is 12.5 Å². The monoisotopic (exact) mass is 810 g/mol. The third-order valence-corrected chi connectivity index (χ3v) is 10.1. The maximum atomic E-state index is 13.7. The Morgan fingerprint density at radius 3 is 1.04 bits per heavy atom. The van der Waals surface area contributed by atoms with Crippen molar-refractivity contribution < 1.29 is 38.7 Å². The van der Waals surface area contributed by atoms with E-state index in [1.54, 1.807) is 62.4 Å². The molecule has 57 heavy (non-hydrogen) atoms. The number of aliphatic carboxylic acids is 1. The summed E-state index contributed by atoms with van der Waals surface area (Å²) in [6.07, 6.45) is 11.0. The molecule has 330 valence electrons. The molecular formula is C42H79N7O8. The number of carbonyl (C=O) groups excluding carboxylic acids is 6. The Morgan fingerprint density at radius 1 is 0.439 bits per heavy atom. The lowest BCUT2D eigenvalue weighted by atomic mass is 9.96. The van der Waals surface area contributed by atoms with Crippen LogP contribution in [-0.4, -0.2) is 96.4 Å². The average Bonchev–Trinajstić information content (AvgIpc) is 3.11. The predicted octanol–water partition coefficient (Wildman–Crippen LogP) is 3.79. The summed E-state index contributed by atoms with van der Waals surface area (Å²) < 4.78 is 0. The van der Waals surface area contributed by atoms with Crippen LogP contribution in [-0.2, 0) is 33.6 Å². The van der Waals surface area contributed by atoms with Gasteiger partial charge in [0.15, 0.2) is 0 Å². The topological polar surface area (TPSA) is 224 Å². The highest BCUT2D eigenvalue weighted by Gasteiger charge is 2.36. The molecule has 0 aliphatic rings. The van der Waals surface area contributed by atoms with E-state index in [0.717, 1.165) is 25.7 Å². The van der Waals surface area contributed by atoms with Gasteiger partial charge in [-0.15, -0.1) is 0 Å². The summed E-state index contributed by atoms with van der Waals surface area (Å²) in [5.74, 6) is -6.53. The molecule has 0 spiro atoms. The Labute approximate surface area is 342 Å². The number of carboxylic acid groups (broad SMARTS) is 1. The Morgan fingerprint density at radius 2 is 0.737 bits per heavy atom. The molecule has 0 saturated carbocycles. The third-order valence-electron chi connectivity index (χ3n) is 10.1. The van der Waals surface area contributed by atoms with E-state index >= 15 is 0 Å². The predicted molar refractivity (Wildman–Crippen MR) is 224 cm³/mol. The van der Waals surface area contributed by atoms with Crippen LogP contribution in [0.1, 0.15) is 147 Å². The Kier molecular flexibility index (Phi) is 26.7. The van der Waals surface area contributed by atoms with Gasteiger partial charge in [-0.05, 0) is 43.1 Å². The van der Waals surface area contributed by atoms with Crippen LogP contribution in [0.15, 0.2) is 0 Å². The summed E-state index contributed by atoms with van der Waals surface area (Å²) in [6, 6.07) is -6.35. The van der Waals surface area contributed by atoms with Crippen molar-refractivity contribution in [1.82, 2.24) is 37.2 Å². The summed E-state index contributed by atoms with van der Waals surface area (Å²) >= 11 is 0. The van der Waals surface area contributed by atoms with Crippen molar-refractivity contribution in [3.8, 4) is 0 Å². The largest absolute Gasteiger partial charge is 0.480 e. The fourth-order valence-electron chi connectivity index (χ4n) is 6.44. The van der Waals surface area contributed by atoms with E-state index in [1.807, 2.05) is 13.8 Å². The van der Waals surface area contributed by atoms with E-state index in [2.05, 4.69) is 44.1 Å². The molecule has 15 heteroatoms. The van der Waals surface area contributed by atoms with Crippen molar-refractivity contribution in [2.75, 3.05) is 13.6 Å². The second-order valence-corrected chi connectivity index (χ2v) is 17.1. The number of amides is 6. The summed E-state index contributed by atoms with van der Waals surface area (Å²) in [6.45, 7) is 20.2. The van der Waals surface area contributed by atoms with E-state index < -0.39 is 95.9 Å². The minimum Gasteiger partial charge on any atom is -0.480 e. The van der Waals surface area contributed by atoms with E-state index in [9.17, 15) is 38.7 Å². The number of hydrogen-bond donors (Lipinski definition) is 8. The third kappa shape index (κ3) is 21.0. The molecule has 0 aromatic heterocycles. The van der Waals surface area contributed by atoms with Crippen LogP contribution in [0.5, 0.6) is 0 Å². The average molecular weight is 810 g/mol. The maximum Gasteiger partial charge on any atom is 0.326 e. The fraction of sp³-hybridized carbons (Fsp3) is 0.833. The SMILES string of the molecule is CCCCCCCCCCCCNC(=O)C[C@H](NC(=O)[C@@H](NC(=O)C(NC(=O)[C@@H](NC(=O)C(NC(=O)[C@@H](NC)C(C)C)C(C)C)C(C)C)C(C)C)C(C)C)C(=O)O. The zero-order valence-corrected chi connectivity index (χ0v) is 37.1. The quantitative estimate of drug-likeness (QED) is 0.0494. The van der Waals surface area contributed by atoms with Crippen LogP contribution in [0.4, 0.5) is 0 Å². The summed E-state index contributed by atoms with van der Waals surface area (Å²) in [5.41, 5.74) is 0. The first-order chi connectivity index (χ1) is 26.7.